The molecular weight excluding hydrogens is 166 g/mol. The second-order valence-corrected chi connectivity index (χ2v) is 4.52. The number of aliphatic carboxylic acids is 1. The van der Waals surface area contributed by atoms with Crippen molar-refractivity contribution in [2.24, 2.45) is 11.3 Å². The molecule has 3 nitrogen and oxygen atoms in total. The highest BCUT2D eigenvalue weighted by Gasteiger charge is 2.37. The lowest BCUT2D eigenvalue weighted by atomic mass is 9.76. The van der Waals surface area contributed by atoms with Crippen molar-refractivity contribution in [3.8, 4) is 0 Å². The number of hydrogen-bond donors (Lipinski definition) is 1. The molecule has 0 aliphatic carbocycles. The molecule has 78 valence electrons. The number of rotatable bonds is 4. The van der Waals surface area contributed by atoms with Crippen molar-refractivity contribution in [1.29, 1.82) is 0 Å². The predicted octanol–water partition coefficient (Wildman–Crippen LogP) is 1.68. The van der Waals surface area contributed by atoms with Crippen molar-refractivity contribution in [3.63, 3.8) is 0 Å². The van der Waals surface area contributed by atoms with Crippen LogP contribution in [0.2, 0.25) is 0 Å². The molecule has 0 aliphatic heterocycles. The summed E-state index contributed by atoms with van der Waals surface area (Å²) in [5, 5.41) is 9.02. The summed E-state index contributed by atoms with van der Waals surface area (Å²) in [6, 6.07) is 0.270. The molecule has 0 aromatic carbocycles. The second-order valence-electron chi connectivity index (χ2n) is 4.52. The molecule has 0 aliphatic rings. The first kappa shape index (κ1) is 12.4. The highest BCUT2D eigenvalue weighted by molar-refractivity contribution is 5.74. The number of carbonyl (C=O) groups is 1. The first-order valence-electron chi connectivity index (χ1n) is 4.61. The van der Waals surface area contributed by atoms with Crippen LogP contribution in [0.25, 0.3) is 0 Å². The van der Waals surface area contributed by atoms with Crippen LogP contribution >= 0.6 is 0 Å². The minimum atomic E-state index is -0.728. The molecule has 0 fully saturated rings. The van der Waals surface area contributed by atoms with E-state index >= 15 is 0 Å². The number of carboxylic acid groups (broad SMARTS) is 1. The van der Waals surface area contributed by atoms with Gasteiger partial charge in [0.1, 0.15) is 0 Å². The molecule has 0 saturated carbocycles. The van der Waals surface area contributed by atoms with Crippen molar-refractivity contribution in [2.45, 2.75) is 33.7 Å². The Hall–Kier alpha value is -0.570. The van der Waals surface area contributed by atoms with E-state index in [0.717, 1.165) is 0 Å². The zero-order valence-corrected chi connectivity index (χ0v) is 9.46. The monoisotopic (exact) mass is 187 g/mol. The summed E-state index contributed by atoms with van der Waals surface area (Å²) in [5.74, 6) is -0.603. The van der Waals surface area contributed by atoms with E-state index in [9.17, 15) is 4.79 Å². The van der Waals surface area contributed by atoms with Crippen LogP contribution in [0, 0.1) is 11.3 Å². The average Bonchev–Trinajstić information content (AvgIpc) is 2.01. The molecule has 0 bridgehead atoms. The molecule has 0 aromatic rings. The van der Waals surface area contributed by atoms with Crippen molar-refractivity contribution in [2.75, 3.05) is 14.1 Å². The minimum absolute atomic E-state index is 0.125. The number of carboxylic acids is 1. The zero-order valence-electron chi connectivity index (χ0n) is 9.46. The summed E-state index contributed by atoms with van der Waals surface area (Å²) in [4.78, 5) is 13.0. The molecule has 0 radical (unpaired) electrons. The van der Waals surface area contributed by atoms with E-state index in [1.165, 1.54) is 0 Å². The SMILES string of the molecule is CC(C(C)C(C)(C)C(=O)O)N(C)C. The quantitative estimate of drug-likeness (QED) is 0.728. The normalized spacial score (nSPS) is 17.2. The molecule has 13 heavy (non-hydrogen) atoms. The lowest BCUT2D eigenvalue weighted by Gasteiger charge is -2.35. The number of nitrogens with zero attached hydrogens (tertiary/aromatic N) is 1. The Morgan fingerprint density at radius 2 is 1.69 bits per heavy atom. The van der Waals surface area contributed by atoms with Gasteiger partial charge in [-0.25, -0.2) is 0 Å². The van der Waals surface area contributed by atoms with Gasteiger partial charge >= 0.3 is 5.97 Å². The van der Waals surface area contributed by atoms with Crippen LogP contribution in [0.4, 0.5) is 0 Å². The van der Waals surface area contributed by atoms with E-state index in [-0.39, 0.29) is 12.0 Å². The van der Waals surface area contributed by atoms with E-state index in [1.807, 2.05) is 21.0 Å². The first-order chi connectivity index (χ1) is 5.71. The standard InChI is InChI=1S/C10H21NO2/c1-7(8(2)11(5)6)10(3,4)9(12)13/h7-8H,1-6H3,(H,12,13). The highest BCUT2D eigenvalue weighted by Crippen LogP contribution is 2.30. The molecule has 0 rings (SSSR count). The van der Waals surface area contributed by atoms with Crippen LogP contribution in [0.3, 0.4) is 0 Å². The zero-order chi connectivity index (χ0) is 10.8. The first-order valence-corrected chi connectivity index (χ1v) is 4.61. The Labute approximate surface area is 80.7 Å². The van der Waals surface area contributed by atoms with Crippen molar-refractivity contribution >= 4 is 5.97 Å². The van der Waals surface area contributed by atoms with Crippen molar-refractivity contribution in [3.05, 3.63) is 0 Å². The summed E-state index contributed by atoms with van der Waals surface area (Å²) in [7, 11) is 3.94. The largest absolute Gasteiger partial charge is 0.481 e. The van der Waals surface area contributed by atoms with Gasteiger partial charge < -0.3 is 10.0 Å². The molecule has 0 spiro atoms. The second kappa shape index (κ2) is 4.09. The van der Waals surface area contributed by atoms with Gasteiger partial charge in [-0.15, -0.1) is 0 Å². The van der Waals surface area contributed by atoms with Gasteiger partial charge in [0.2, 0.25) is 0 Å². The lowest BCUT2D eigenvalue weighted by Crippen LogP contribution is -2.42. The summed E-state index contributed by atoms with van der Waals surface area (Å²) < 4.78 is 0. The minimum Gasteiger partial charge on any atom is -0.481 e. The average molecular weight is 187 g/mol. The fourth-order valence-corrected chi connectivity index (χ4v) is 1.24. The van der Waals surface area contributed by atoms with Crippen LogP contribution in [0.15, 0.2) is 0 Å². The van der Waals surface area contributed by atoms with Gasteiger partial charge in [-0.3, -0.25) is 4.79 Å². The smallest absolute Gasteiger partial charge is 0.309 e. The van der Waals surface area contributed by atoms with Gasteiger partial charge in [0.25, 0.3) is 0 Å². The molecule has 2 unspecified atom stereocenters. The van der Waals surface area contributed by atoms with Crippen LogP contribution < -0.4 is 0 Å². The van der Waals surface area contributed by atoms with E-state index in [0.29, 0.717) is 0 Å². The summed E-state index contributed by atoms with van der Waals surface area (Å²) in [6.45, 7) is 7.59. The highest BCUT2D eigenvalue weighted by atomic mass is 16.4. The Bertz CT molecular complexity index is 187. The summed E-state index contributed by atoms with van der Waals surface area (Å²) in [5.41, 5.74) is -0.663. The molecule has 0 aromatic heterocycles. The lowest BCUT2D eigenvalue weighted by molar-refractivity contribution is -0.151. The van der Waals surface area contributed by atoms with E-state index in [1.54, 1.807) is 13.8 Å². The Morgan fingerprint density at radius 3 is 1.92 bits per heavy atom. The number of hydrogen-bond acceptors (Lipinski definition) is 2. The van der Waals surface area contributed by atoms with Gasteiger partial charge in [-0.2, -0.15) is 0 Å². The third-order valence-corrected chi connectivity index (χ3v) is 3.23. The van der Waals surface area contributed by atoms with Gasteiger partial charge in [-0.05, 0) is 40.8 Å². The van der Waals surface area contributed by atoms with Crippen molar-refractivity contribution < 1.29 is 9.90 Å². The molecule has 1 N–H and O–H groups in total. The summed E-state index contributed by atoms with van der Waals surface area (Å²) >= 11 is 0. The van der Waals surface area contributed by atoms with E-state index in [2.05, 4.69) is 11.8 Å². The van der Waals surface area contributed by atoms with Crippen LogP contribution in [-0.4, -0.2) is 36.1 Å². The van der Waals surface area contributed by atoms with Gasteiger partial charge in [0, 0.05) is 6.04 Å². The van der Waals surface area contributed by atoms with Gasteiger partial charge in [0.15, 0.2) is 0 Å². The Balaban J connectivity index is 4.58. The third-order valence-electron chi connectivity index (χ3n) is 3.23. The maximum Gasteiger partial charge on any atom is 0.309 e. The fraction of sp³-hybridized carbons (Fsp3) is 0.900. The fourth-order valence-electron chi connectivity index (χ4n) is 1.24. The maximum atomic E-state index is 11.0. The van der Waals surface area contributed by atoms with Gasteiger partial charge in [0.05, 0.1) is 5.41 Å². The molecule has 0 saturated heterocycles. The maximum absolute atomic E-state index is 11.0. The Kier molecular flexibility index (Phi) is 3.91. The summed E-state index contributed by atoms with van der Waals surface area (Å²) in [6.07, 6.45) is 0. The Morgan fingerprint density at radius 1 is 1.31 bits per heavy atom. The molecular formula is C10H21NO2. The molecule has 0 amide bonds. The molecule has 3 heteroatoms. The molecule has 2 atom stereocenters. The van der Waals surface area contributed by atoms with E-state index < -0.39 is 11.4 Å². The van der Waals surface area contributed by atoms with Crippen LogP contribution in [-0.2, 0) is 4.79 Å². The predicted molar refractivity (Wildman–Crippen MR) is 53.7 cm³/mol. The van der Waals surface area contributed by atoms with Crippen LogP contribution in [0.5, 0.6) is 0 Å². The van der Waals surface area contributed by atoms with Gasteiger partial charge in [-0.1, -0.05) is 6.92 Å². The molecule has 0 heterocycles. The topological polar surface area (TPSA) is 40.5 Å². The van der Waals surface area contributed by atoms with Crippen LogP contribution in [0.1, 0.15) is 27.7 Å². The van der Waals surface area contributed by atoms with Crippen molar-refractivity contribution in [1.82, 2.24) is 4.90 Å². The third kappa shape index (κ3) is 2.69. The van der Waals surface area contributed by atoms with E-state index in [4.69, 9.17) is 5.11 Å².